The van der Waals surface area contributed by atoms with Crippen molar-refractivity contribution in [3.8, 4) is 0 Å². The highest BCUT2D eigenvalue weighted by atomic mass is 35.5. The van der Waals surface area contributed by atoms with Crippen LogP contribution in [-0.4, -0.2) is 46.8 Å². The quantitative estimate of drug-likeness (QED) is 0.296. The van der Waals surface area contributed by atoms with E-state index in [4.69, 9.17) is 11.8 Å². The maximum Gasteiger partial charge on any atom is 0.428 e. The van der Waals surface area contributed by atoms with Crippen molar-refractivity contribution in [3.05, 3.63) is 0 Å². The summed E-state index contributed by atoms with van der Waals surface area (Å²) in [5.41, 5.74) is 0. The molecule has 0 spiro atoms. The molecule has 19 heavy (non-hydrogen) atoms. The van der Waals surface area contributed by atoms with Gasteiger partial charge in [-0.25, -0.2) is 9.59 Å². The normalized spacial score (nSPS) is 23.8. The molecule has 0 aliphatic carbocycles. The number of rotatable bonds is 8. The number of carbonyl (C=O) groups is 3. The van der Waals surface area contributed by atoms with E-state index in [0.29, 0.717) is 19.5 Å². The minimum absolute atomic E-state index is 0.158. The molecule has 0 N–H and O–H groups in total. The van der Waals surface area contributed by atoms with E-state index in [1.165, 1.54) is 24.2 Å². The van der Waals surface area contributed by atoms with Crippen molar-refractivity contribution >= 4 is 30.0 Å². The Balaban J connectivity index is 2.31. The molecule has 5 nitrogen and oxygen atoms in total. The molecule has 0 aromatic rings. The largest absolute Gasteiger partial charge is 0.428 e. The second-order valence-electron chi connectivity index (χ2n) is 4.97. The summed E-state index contributed by atoms with van der Waals surface area (Å²) in [5.74, 6) is -1.48. The molecule has 0 aromatic heterocycles. The van der Waals surface area contributed by atoms with E-state index in [-0.39, 0.29) is 6.54 Å². The van der Waals surface area contributed by atoms with Crippen LogP contribution in [0.25, 0.3) is 0 Å². The summed E-state index contributed by atoms with van der Waals surface area (Å²) in [6.45, 7) is 3.27. The molecule has 0 bridgehead atoms. The number of halogens is 1. The molecule has 0 saturated carbocycles. The second-order valence-corrected chi connectivity index (χ2v) is 5.57. The lowest BCUT2D eigenvalue weighted by molar-refractivity contribution is -0.645. The molecule has 0 aromatic carbocycles. The number of unbranched alkanes of at least 4 members (excludes halogenated alkanes) is 5. The van der Waals surface area contributed by atoms with E-state index < -0.39 is 15.8 Å². The van der Waals surface area contributed by atoms with E-state index in [0.717, 1.165) is 19.3 Å². The lowest BCUT2D eigenvalue weighted by atomic mass is 10.1. The molecule has 0 radical (unpaired) electrons. The first kappa shape index (κ1) is 16.1. The van der Waals surface area contributed by atoms with Crippen LogP contribution in [0.15, 0.2) is 0 Å². The molecular weight excluding hydrogens is 268 g/mol. The van der Waals surface area contributed by atoms with E-state index >= 15 is 0 Å². The van der Waals surface area contributed by atoms with Crippen LogP contribution in [0.3, 0.4) is 0 Å². The van der Waals surface area contributed by atoms with E-state index in [2.05, 4.69) is 6.92 Å². The number of quaternary nitrogens is 1. The van der Waals surface area contributed by atoms with Crippen LogP contribution in [0.4, 0.5) is 0 Å². The number of carbonyl (C=O) groups excluding carboxylic acids is 3. The van der Waals surface area contributed by atoms with Crippen molar-refractivity contribution in [1.29, 1.82) is 0 Å². The first-order chi connectivity index (χ1) is 9.05. The molecule has 1 heterocycles. The summed E-state index contributed by atoms with van der Waals surface area (Å²) < 4.78 is -0.939. The summed E-state index contributed by atoms with van der Waals surface area (Å²) in [5, 5.41) is 0. The summed E-state index contributed by atoms with van der Waals surface area (Å²) in [7, 11) is 0. The SMILES string of the molecule is CCCCCCCCN1CC[N+](Cl)(C=O)C(=O)C1=O. The monoisotopic (exact) mass is 289 g/mol. The van der Waals surface area contributed by atoms with Gasteiger partial charge in [0.05, 0.1) is 6.54 Å². The summed E-state index contributed by atoms with van der Waals surface area (Å²) in [6, 6.07) is 0. The van der Waals surface area contributed by atoms with Crippen molar-refractivity contribution in [3.63, 3.8) is 0 Å². The molecule has 3 amide bonds. The third-order valence-electron chi connectivity index (χ3n) is 3.45. The zero-order valence-corrected chi connectivity index (χ0v) is 12.2. The van der Waals surface area contributed by atoms with E-state index in [9.17, 15) is 14.4 Å². The van der Waals surface area contributed by atoms with Gasteiger partial charge in [-0.1, -0.05) is 43.0 Å². The zero-order valence-electron chi connectivity index (χ0n) is 11.4. The van der Waals surface area contributed by atoms with E-state index in [1.807, 2.05) is 0 Å². The topological polar surface area (TPSA) is 54.5 Å². The number of hydrogen-bond donors (Lipinski definition) is 0. The van der Waals surface area contributed by atoms with Gasteiger partial charge in [0.25, 0.3) is 0 Å². The molecule has 1 aliphatic heterocycles. The Morgan fingerprint density at radius 2 is 1.84 bits per heavy atom. The molecular formula is C13H22ClN2O3+. The van der Waals surface area contributed by atoms with Crippen LogP contribution >= 0.6 is 11.8 Å². The van der Waals surface area contributed by atoms with Crippen LogP contribution in [0, 0.1) is 0 Å². The number of hydrogen-bond acceptors (Lipinski definition) is 3. The molecule has 1 saturated heterocycles. The zero-order chi connectivity index (χ0) is 14.3. The summed E-state index contributed by atoms with van der Waals surface area (Å²) in [4.78, 5) is 35.7. The highest BCUT2D eigenvalue weighted by molar-refractivity contribution is 6.38. The van der Waals surface area contributed by atoms with Crippen LogP contribution in [0.2, 0.25) is 0 Å². The third-order valence-corrected chi connectivity index (χ3v) is 3.85. The Kier molecular flexibility index (Phi) is 6.45. The Bertz CT molecular complexity index is 349. The van der Waals surface area contributed by atoms with Crippen LogP contribution in [0.1, 0.15) is 45.4 Å². The number of piperazine rings is 1. The molecule has 1 atom stereocenters. The van der Waals surface area contributed by atoms with Crippen LogP contribution in [-0.2, 0) is 14.4 Å². The molecule has 1 aliphatic rings. The molecule has 1 fully saturated rings. The van der Waals surface area contributed by atoms with Gasteiger partial charge in [-0.05, 0) is 6.42 Å². The first-order valence-electron chi connectivity index (χ1n) is 6.92. The smallest absolute Gasteiger partial charge is 0.325 e. The van der Waals surface area contributed by atoms with Gasteiger partial charge in [-0.2, -0.15) is 0 Å². The standard InChI is InChI=1S/C13H22ClN2O3/c1-2-3-4-5-6-7-8-15-9-10-16(14,11-17)13(19)12(15)18/h11H,2-10H2,1H3/q+1. The third kappa shape index (κ3) is 4.28. The fourth-order valence-corrected chi connectivity index (χ4v) is 2.31. The predicted molar refractivity (Wildman–Crippen MR) is 72.0 cm³/mol. The summed E-state index contributed by atoms with van der Waals surface area (Å²) >= 11 is 5.76. The first-order valence-corrected chi connectivity index (χ1v) is 7.26. The maximum atomic E-state index is 11.8. The average Bonchev–Trinajstić information content (AvgIpc) is 2.42. The van der Waals surface area contributed by atoms with Gasteiger partial charge in [0.2, 0.25) is 0 Å². The Hall–Kier alpha value is -0.940. The highest BCUT2D eigenvalue weighted by Crippen LogP contribution is 2.17. The number of amides is 3. The summed E-state index contributed by atoms with van der Waals surface area (Å²) in [6.07, 6.45) is 7.11. The van der Waals surface area contributed by atoms with Gasteiger partial charge in [-0.3, -0.25) is 4.79 Å². The Labute approximate surface area is 119 Å². The highest BCUT2D eigenvalue weighted by Gasteiger charge is 2.48. The van der Waals surface area contributed by atoms with Crippen LogP contribution < -0.4 is 0 Å². The maximum absolute atomic E-state index is 11.8. The number of imide groups is 1. The van der Waals surface area contributed by atoms with Gasteiger partial charge in [-0.15, -0.1) is 0 Å². The average molecular weight is 290 g/mol. The van der Waals surface area contributed by atoms with Gasteiger partial charge in [0.1, 0.15) is 6.54 Å². The Morgan fingerprint density at radius 3 is 2.47 bits per heavy atom. The second kappa shape index (κ2) is 7.60. The molecule has 6 heteroatoms. The molecule has 1 rings (SSSR count). The minimum Gasteiger partial charge on any atom is -0.325 e. The van der Waals surface area contributed by atoms with Crippen molar-refractivity contribution in [2.24, 2.45) is 0 Å². The minimum atomic E-state index is -0.939. The fraction of sp³-hybridized carbons (Fsp3) is 0.769. The van der Waals surface area contributed by atoms with Crippen LogP contribution in [0.5, 0.6) is 0 Å². The lowest BCUT2D eigenvalue weighted by Crippen LogP contribution is -2.60. The Morgan fingerprint density at radius 1 is 1.21 bits per heavy atom. The van der Waals surface area contributed by atoms with Gasteiger partial charge >= 0.3 is 18.2 Å². The van der Waals surface area contributed by atoms with Crippen molar-refractivity contribution in [2.75, 3.05) is 19.6 Å². The predicted octanol–water partition coefficient (Wildman–Crippen LogP) is 1.84. The van der Waals surface area contributed by atoms with E-state index in [1.54, 1.807) is 0 Å². The van der Waals surface area contributed by atoms with Crippen molar-refractivity contribution in [1.82, 2.24) is 4.90 Å². The van der Waals surface area contributed by atoms with Gasteiger partial charge < -0.3 is 4.90 Å². The fourth-order valence-electron chi connectivity index (χ4n) is 2.16. The lowest BCUT2D eigenvalue weighted by Gasteiger charge is -2.30. The number of nitrogens with zero attached hydrogens (tertiary/aromatic N) is 2. The van der Waals surface area contributed by atoms with Crippen molar-refractivity contribution in [2.45, 2.75) is 45.4 Å². The van der Waals surface area contributed by atoms with Gasteiger partial charge in [0, 0.05) is 6.54 Å². The van der Waals surface area contributed by atoms with Gasteiger partial charge in [0.15, 0.2) is 11.8 Å². The molecule has 1 unspecified atom stereocenters. The van der Waals surface area contributed by atoms with Crippen molar-refractivity contribution < 1.29 is 18.4 Å². The molecule has 108 valence electrons.